The van der Waals surface area contributed by atoms with Gasteiger partial charge in [-0.25, -0.2) is 0 Å². The maximum atomic E-state index is 4.50. The molecule has 1 aliphatic rings. The first kappa shape index (κ1) is 9.79. The minimum Gasteiger partial charge on any atom is -0.316 e. The normalized spacial score (nSPS) is 20.4. The zero-order valence-corrected chi connectivity index (χ0v) is 9.32. The lowest BCUT2D eigenvalue weighted by atomic mass is 9.99. The van der Waals surface area contributed by atoms with Crippen LogP contribution in [-0.4, -0.2) is 18.1 Å². The van der Waals surface area contributed by atoms with Crippen molar-refractivity contribution in [2.24, 2.45) is 5.92 Å². The van der Waals surface area contributed by atoms with Gasteiger partial charge in [0, 0.05) is 11.6 Å². The third-order valence-electron chi connectivity index (χ3n) is 3.33. The van der Waals surface area contributed by atoms with Crippen LogP contribution in [0.2, 0.25) is 0 Å². The van der Waals surface area contributed by atoms with Crippen LogP contribution in [0.15, 0.2) is 36.5 Å². The summed E-state index contributed by atoms with van der Waals surface area (Å²) < 4.78 is 0. The van der Waals surface area contributed by atoms with Gasteiger partial charge in [0.05, 0.1) is 5.52 Å². The van der Waals surface area contributed by atoms with E-state index in [0.29, 0.717) is 0 Å². The van der Waals surface area contributed by atoms with Gasteiger partial charge in [-0.3, -0.25) is 4.98 Å². The number of nitrogens with one attached hydrogen (secondary N) is 1. The molecular weight excluding hydrogens is 196 g/mol. The number of rotatable bonds is 2. The smallest absolute Gasteiger partial charge is 0.0702 e. The fourth-order valence-corrected chi connectivity index (χ4v) is 2.45. The predicted molar refractivity (Wildman–Crippen MR) is 66.4 cm³/mol. The van der Waals surface area contributed by atoms with E-state index in [0.717, 1.165) is 24.4 Å². The van der Waals surface area contributed by atoms with E-state index in [4.69, 9.17) is 0 Å². The lowest BCUT2D eigenvalue weighted by molar-refractivity contribution is 0.579. The maximum Gasteiger partial charge on any atom is 0.0702 e. The number of hydrogen-bond acceptors (Lipinski definition) is 2. The van der Waals surface area contributed by atoms with Crippen molar-refractivity contribution in [1.29, 1.82) is 0 Å². The van der Waals surface area contributed by atoms with Crippen LogP contribution in [0.1, 0.15) is 12.0 Å². The van der Waals surface area contributed by atoms with Crippen LogP contribution in [0.25, 0.3) is 10.9 Å². The highest BCUT2D eigenvalue weighted by molar-refractivity contribution is 5.78. The van der Waals surface area contributed by atoms with Gasteiger partial charge in [0.15, 0.2) is 0 Å². The topological polar surface area (TPSA) is 24.9 Å². The summed E-state index contributed by atoms with van der Waals surface area (Å²) in [6.07, 6.45) is 4.48. The maximum absolute atomic E-state index is 4.50. The Morgan fingerprint density at radius 1 is 1.31 bits per heavy atom. The lowest BCUT2D eigenvalue weighted by Gasteiger charge is -2.08. The number of pyridine rings is 1. The van der Waals surface area contributed by atoms with Crippen molar-refractivity contribution in [3.05, 3.63) is 42.1 Å². The molecule has 1 aromatic carbocycles. The standard InChI is InChI=1S/C14H16N2/c1-2-4-14-13(3-1)8-12(10-16-14)7-11-5-6-15-9-11/h1-4,8,10-11,15H,5-7,9H2/t11-/m1/s1. The molecular formula is C14H16N2. The van der Waals surface area contributed by atoms with Crippen LogP contribution in [0, 0.1) is 5.92 Å². The fraction of sp³-hybridized carbons (Fsp3) is 0.357. The summed E-state index contributed by atoms with van der Waals surface area (Å²) in [4.78, 5) is 4.50. The molecule has 1 aromatic heterocycles. The Labute approximate surface area is 95.7 Å². The number of benzene rings is 1. The van der Waals surface area contributed by atoms with Crippen LogP contribution >= 0.6 is 0 Å². The van der Waals surface area contributed by atoms with E-state index in [1.807, 2.05) is 12.3 Å². The summed E-state index contributed by atoms with van der Waals surface area (Å²) >= 11 is 0. The Kier molecular flexibility index (Phi) is 2.58. The quantitative estimate of drug-likeness (QED) is 0.826. The second-order valence-electron chi connectivity index (χ2n) is 4.60. The highest BCUT2D eigenvalue weighted by Gasteiger charge is 2.14. The molecule has 2 nitrogen and oxygen atoms in total. The highest BCUT2D eigenvalue weighted by atomic mass is 14.9. The van der Waals surface area contributed by atoms with E-state index in [1.165, 1.54) is 23.9 Å². The second-order valence-corrected chi connectivity index (χ2v) is 4.60. The lowest BCUT2D eigenvalue weighted by Crippen LogP contribution is -2.10. The van der Waals surface area contributed by atoms with Crippen LogP contribution in [0.3, 0.4) is 0 Å². The first-order valence-corrected chi connectivity index (χ1v) is 5.96. The van der Waals surface area contributed by atoms with Gasteiger partial charge in [0.25, 0.3) is 0 Å². The molecule has 2 aromatic rings. The molecule has 2 heterocycles. The summed E-state index contributed by atoms with van der Waals surface area (Å²) in [7, 11) is 0. The molecule has 0 saturated carbocycles. The van der Waals surface area contributed by atoms with Crippen molar-refractivity contribution in [3.8, 4) is 0 Å². The van der Waals surface area contributed by atoms with Gasteiger partial charge in [-0.1, -0.05) is 18.2 Å². The first-order chi connectivity index (χ1) is 7.92. The molecule has 0 aliphatic carbocycles. The summed E-state index contributed by atoms with van der Waals surface area (Å²) in [5, 5.41) is 4.66. The molecule has 1 N–H and O–H groups in total. The molecule has 1 atom stereocenters. The summed E-state index contributed by atoms with van der Waals surface area (Å²) in [6.45, 7) is 2.33. The van der Waals surface area contributed by atoms with Crippen molar-refractivity contribution in [2.75, 3.05) is 13.1 Å². The van der Waals surface area contributed by atoms with E-state index >= 15 is 0 Å². The minimum atomic E-state index is 0.794. The molecule has 0 bridgehead atoms. The average Bonchev–Trinajstić information content (AvgIpc) is 2.82. The van der Waals surface area contributed by atoms with Crippen molar-refractivity contribution in [2.45, 2.75) is 12.8 Å². The van der Waals surface area contributed by atoms with E-state index in [-0.39, 0.29) is 0 Å². The number of para-hydroxylation sites is 1. The van der Waals surface area contributed by atoms with E-state index in [1.54, 1.807) is 0 Å². The molecule has 0 amide bonds. The molecule has 16 heavy (non-hydrogen) atoms. The third kappa shape index (κ3) is 1.93. The molecule has 0 spiro atoms. The summed E-state index contributed by atoms with van der Waals surface area (Å²) in [5.41, 5.74) is 2.46. The Morgan fingerprint density at radius 2 is 2.25 bits per heavy atom. The molecule has 1 saturated heterocycles. The van der Waals surface area contributed by atoms with Crippen molar-refractivity contribution in [1.82, 2.24) is 10.3 Å². The number of nitrogens with zero attached hydrogens (tertiary/aromatic N) is 1. The van der Waals surface area contributed by atoms with Gasteiger partial charge in [-0.05, 0) is 49.5 Å². The average molecular weight is 212 g/mol. The van der Waals surface area contributed by atoms with E-state index in [2.05, 4.69) is 34.6 Å². The third-order valence-corrected chi connectivity index (χ3v) is 3.33. The van der Waals surface area contributed by atoms with E-state index in [9.17, 15) is 0 Å². The summed E-state index contributed by atoms with van der Waals surface area (Å²) in [5.74, 6) is 0.794. The van der Waals surface area contributed by atoms with Crippen LogP contribution in [0.5, 0.6) is 0 Å². The number of aromatic nitrogens is 1. The minimum absolute atomic E-state index is 0.794. The molecule has 3 rings (SSSR count). The molecule has 82 valence electrons. The monoisotopic (exact) mass is 212 g/mol. The van der Waals surface area contributed by atoms with E-state index < -0.39 is 0 Å². The fourth-order valence-electron chi connectivity index (χ4n) is 2.45. The largest absolute Gasteiger partial charge is 0.316 e. The first-order valence-electron chi connectivity index (χ1n) is 5.96. The van der Waals surface area contributed by atoms with Crippen molar-refractivity contribution >= 4 is 10.9 Å². The number of hydrogen-bond donors (Lipinski definition) is 1. The Hall–Kier alpha value is -1.41. The SMILES string of the molecule is c1ccc2ncc(C[C@H]3CCNC3)cc2c1. The second kappa shape index (κ2) is 4.22. The van der Waals surface area contributed by atoms with Crippen molar-refractivity contribution in [3.63, 3.8) is 0 Å². The molecule has 0 unspecified atom stereocenters. The van der Waals surface area contributed by atoms with Gasteiger partial charge in [0.1, 0.15) is 0 Å². The van der Waals surface area contributed by atoms with Gasteiger partial charge < -0.3 is 5.32 Å². The highest BCUT2D eigenvalue weighted by Crippen LogP contribution is 2.18. The Balaban J connectivity index is 1.86. The predicted octanol–water partition coefficient (Wildman–Crippen LogP) is 2.39. The van der Waals surface area contributed by atoms with Gasteiger partial charge in [-0.15, -0.1) is 0 Å². The Bertz CT molecular complexity index is 487. The summed E-state index contributed by atoms with van der Waals surface area (Å²) in [6, 6.07) is 10.6. The van der Waals surface area contributed by atoms with Crippen LogP contribution in [0.4, 0.5) is 0 Å². The molecule has 0 radical (unpaired) electrons. The van der Waals surface area contributed by atoms with Crippen LogP contribution < -0.4 is 5.32 Å². The van der Waals surface area contributed by atoms with Gasteiger partial charge >= 0.3 is 0 Å². The van der Waals surface area contributed by atoms with Gasteiger partial charge in [0.2, 0.25) is 0 Å². The molecule has 2 heteroatoms. The molecule has 1 aliphatic heterocycles. The molecule has 1 fully saturated rings. The van der Waals surface area contributed by atoms with Crippen LogP contribution in [-0.2, 0) is 6.42 Å². The van der Waals surface area contributed by atoms with Crippen molar-refractivity contribution < 1.29 is 0 Å². The Morgan fingerprint density at radius 3 is 3.12 bits per heavy atom. The van der Waals surface area contributed by atoms with Gasteiger partial charge in [-0.2, -0.15) is 0 Å². The zero-order valence-electron chi connectivity index (χ0n) is 9.32. The zero-order chi connectivity index (χ0) is 10.8. The number of fused-ring (bicyclic) bond motifs is 1.